The van der Waals surface area contributed by atoms with Crippen molar-refractivity contribution in [3.05, 3.63) is 241 Å². The highest BCUT2D eigenvalue weighted by atomic mass is 19.1. The maximum absolute atomic E-state index is 14.0. The summed E-state index contributed by atoms with van der Waals surface area (Å²) in [4.78, 5) is 12.4. The topological polar surface area (TPSA) is 34.0 Å². The molecule has 312 valence electrons. The summed E-state index contributed by atoms with van der Waals surface area (Å²) in [5.41, 5.74) is 16.8. The molecule has 0 bridgehead atoms. The van der Waals surface area contributed by atoms with E-state index in [1.54, 1.807) is 0 Å². The van der Waals surface area contributed by atoms with Crippen LogP contribution >= 0.6 is 0 Å². The van der Waals surface area contributed by atoms with Gasteiger partial charge in [0.25, 0.3) is 0 Å². The Morgan fingerprint density at radius 3 is 1.83 bits per heavy atom. The number of hydrogen-bond donors (Lipinski definition) is 0. The summed E-state index contributed by atoms with van der Waals surface area (Å²) in [5, 5.41) is 1.23. The minimum atomic E-state index is -0.283. The van der Waals surface area contributed by atoms with Crippen LogP contribution in [0.25, 0.3) is 67.2 Å². The van der Waals surface area contributed by atoms with E-state index < -0.39 is 0 Å². The molecule has 12 rings (SSSR count). The van der Waals surface area contributed by atoms with Crippen LogP contribution in [-0.4, -0.2) is 20.6 Å². The van der Waals surface area contributed by atoms with Crippen molar-refractivity contribution >= 4 is 28.6 Å². The fourth-order valence-corrected chi connectivity index (χ4v) is 10.5. The molecule has 9 aromatic rings. The lowest BCUT2D eigenvalue weighted by Gasteiger charge is -2.34. The summed E-state index contributed by atoms with van der Waals surface area (Å²) >= 11 is 0. The molecule has 0 fully saturated rings. The van der Waals surface area contributed by atoms with Crippen LogP contribution in [0, 0.1) is 5.82 Å². The van der Waals surface area contributed by atoms with Gasteiger partial charge in [0.05, 0.1) is 11.6 Å². The highest BCUT2D eigenvalue weighted by Crippen LogP contribution is 2.52. The van der Waals surface area contributed by atoms with Crippen LogP contribution < -0.4 is 4.90 Å². The van der Waals surface area contributed by atoms with Gasteiger partial charge in [-0.1, -0.05) is 153 Å². The van der Waals surface area contributed by atoms with Crippen LogP contribution in [0.5, 0.6) is 0 Å². The normalized spacial score (nSPS) is 19.3. The zero-order valence-electron chi connectivity index (χ0n) is 36.2. The van der Waals surface area contributed by atoms with E-state index in [1.807, 2.05) is 24.5 Å². The molecule has 2 aliphatic carbocycles. The van der Waals surface area contributed by atoms with E-state index >= 15 is 0 Å². The molecule has 0 N–H and O–H groups in total. The van der Waals surface area contributed by atoms with Crippen molar-refractivity contribution in [3.8, 4) is 50.2 Å². The van der Waals surface area contributed by atoms with Crippen LogP contribution in [0.4, 0.5) is 16.0 Å². The molecule has 65 heavy (non-hydrogen) atoms. The maximum atomic E-state index is 14.0. The van der Waals surface area contributed by atoms with Crippen molar-refractivity contribution in [2.75, 3.05) is 4.90 Å². The Morgan fingerprint density at radius 1 is 0.569 bits per heavy atom. The third-order valence-electron chi connectivity index (χ3n) is 14.0. The monoisotopic (exact) mass is 840 g/mol. The number of para-hydroxylation sites is 1. The van der Waals surface area contributed by atoms with Crippen LogP contribution in [0.15, 0.2) is 213 Å². The van der Waals surface area contributed by atoms with Gasteiger partial charge in [-0.3, -0.25) is 0 Å². The number of fused-ring (bicyclic) bond motifs is 6. The first kappa shape index (κ1) is 38.8. The zero-order chi connectivity index (χ0) is 43.7. The number of hydrogen-bond acceptors (Lipinski definition) is 3. The smallest absolute Gasteiger partial charge is 0.230 e. The van der Waals surface area contributed by atoms with Crippen LogP contribution in [-0.2, 0) is 17.3 Å². The van der Waals surface area contributed by atoms with Gasteiger partial charge in [0.1, 0.15) is 5.82 Å². The quantitative estimate of drug-likeness (QED) is 0.160. The van der Waals surface area contributed by atoms with Gasteiger partial charge in [0.2, 0.25) is 5.95 Å². The van der Waals surface area contributed by atoms with E-state index in [9.17, 15) is 4.39 Å². The van der Waals surface area contributed by atoms with Crippen molar-refractivity contribution in [3.63, 3.8) is 0 Å². The lowest BCUT2D eigenvalue weighted by atomic mass is 9.71. The number of halogens is 1. The summed E-state index contributed by atoms with van der Waals surface area (Å²) in [6.07, 6.45) is 18.3. The Labute approximate surface area is 379 Å². The van der Waals surface area contributed by atoms with Gasteiger partial charge in [-0.25, -0.2) is 14.4 Å². The van der Waals surface area contributed by atoms with Crippen LogP contribution in [0.3, 0.4) is 0 Å². The number of benzene rings is 7. The molecule has 3 unspecified atom stereocenters. The second-order valence-electron chi connectivity index (χ2n) is 18.1. The molecule has 0 saturated heterocycles. The average Bonchev–Trinajstić information content (AvgIpc) is 3.83. The fraction of sp³-hybridized carbons (Fsp3) is 0.100. The number of anilines is 2. The van der Waals surface area contributed by atoms with Crippen molar-refractivity contribution in [1.29, 1.82) is 0 Å². The average molecular weight is 841 g/mol. The number of aromatic nitrogens is 3. The molecule has 0 amide bonds. The molecule has 3 atom stereocenters. The van der Waals surface area contributed by atoms with E-state index in [0.29, 0.717) is 5.95 Å². The number of rotatable bonds is 7. The minimum absolute atomic E-state index is 0.0188. The molecule has 1 aliphatic heterocycles. The van der Waals surface area contributed by atoms with Crippen molar-refractivity contribution < 1.29 is 4.39 Å². The Kier molecular flexibility index (Phi) is 9.02. The van der Waals surface area contributed by atoms with Gasteiger partial charge >= 0.3 is 0 Å². The van der Waals surface area contributed by atoms with Crippen molar-refractivity contribution in [2.24, 2.45) is 0 Å². The largest absolute Gasteiger partial charge is 0.310 e. The second kappa shape index (κ2) is 15.1. The maximum Gasteiger partial charge on any atom is 0.230 e. The van der Waals surface area contributed by atoms with Gasteiger partial charge in [0, 0.05) is 51.2 Å². The van der Waals surface area contributed by atoms with Crippen molar-refractivity contribution in [2.45, 2.75) is 37.1 Å². The molecule has 0 radical (unpaired) electrons. The summed E-state index contributed by atoms with van der Waals surface area (Å²) in [6, 6.07) is 59.2. The Hall–Kier alpha value is -7.89. The van der Waals surface area contributed by atoms with E-state index in [-0.39, 0.29) is 22.7 Å². The predicted molar refractivity (Wildman–Crippen MR) is 265 cm³/mol. The SMILES string of the molecule is CC1(c2ccc3c(c2)C2(C)C=CC=CC2N3c2ncc(-c3ccc(-c4cc(-c5ccccc5)cc(-c5ccccc5)c4)cc3)cn2)C=Cc2c(c3ccccc3n2-c2ccc(F)cc2)C1. The molecule has 2 aromatic heterocycles. The van der Waals surface area contributed by atoms with Gasteiger partial charge in [-0.15, -0.1) is 0 Å². The molecule has 7 aromatic carbocycles. The third-order valence-corrected chi connectivity index (χ3v) is 14.0. The molecular formula is C60H45FN4. The molecule has 5 heteroatoms. The third kappa shape index (κ3) is 6.49. The summed E-state index contributed by atoms with van der Waals surface area (Å²) in [7, 11) is 0. The summed E-state index contributed by atoms with van der Waals surface area (Å²) in [6.45, 7) is 4.68. The molecule has 0 spiro atoms. The van der Waals surface area contributed by atoms with Crippen LogP contribution in [0.1, 0.15) is 36.2 Å². The fourth-order valence-electron chi connectivity index (χ4n) is 10.5. The standard InChI is InChI=1S/C60H45FN4/c1-59(32-30-55-52(37-59)51-17-9-10-18-54(51)64(55)50-27-25-49(61)26-28-50)48-24-29-56-53(36-48)60(2)31-12-11-19-57(60)65(56)58-62-38-47(39-63-58)43-22-20-42(21-23-43)46-34-44(40-13-5-3-6-14-40)33-45(35-46)41-15-7-4-8-16-41/h3-36,38-39,57H,37H2,1-2H3. The van der Waals surface area contributed by atoms with Gasteiger partial charge in [-0.2, -0.15) is 0 Å². The molecular weight excluding hydrogens is 796 g/mol. The minimum Gasteiger partial charge on any atom is -0.310 e. The molecule has 3 heterocycles. The van der Waals surface area contributed by atoms with E-state index in [1.165, 1.54) is 62.0 Å². The summed E-state index contributed by atoms with van der Waals surface area (Å²) < 4.78 is 16.3. The zero-order valence-corrected chi connectivity index (χ0v) is 36.2. The lowest BCUT2D eigenvalue weighted by Crippen LogP contribution is -2.39. The first-order valence-electron chi connectivity index (χ1n) is 22.4. The van der Waals surface area contributed by atoms with Crippen LogP contribution in [0.2, 0.25) is 0 Å². The lowest BCUT2D eigenvalue weighted by molar-refractivity contribution is 0.542. The highest BCUT2D eigenvalue weighted by molar-refractivity contribution is 5.91. The molecule has 0 saturated carbocycles. The first-order chi connectivity index (χ1) is 31.8. The van der Waals surface area contributed by atoms with Crippen molar-refractivity contribution in [1.82, 2.24) is 14.5 Å². The van der Waals surface area contributed by atoms with Gasteiger partial charge < -0.3 is 9.47 Å². The first-order valence-corrected chi connectivity index (χ1v) is 22.4. The predicted octanol–water partition coefficient (Wildman–Crippen LogP) is 14.7. The van der Waals surface area contributed by atoms with E-state index in [4.69, 9.17) is 9.97 Å². The molecule has 3 aliphatic rings. The van der Waals surface area contributed by atoms with Gasteiger partial charge in [0.15, 0.2) is 0 Å². The van der Waals surface area contributed by atoms with Gasteiger partial charge in [-0.05, 0) is 130 Å². The number of allylic oxidation sites excluding steroid dienone is 3. The number of nitrogens with zero attached hydrogens (tertiary/aromatic N) is 4. The molecule has 4 nitrogen and oxygen atoms in total. The highest BCUT2D eigenvalue weighted by Gasteiger charge is 2.48. The summed E-state index contributed by atoms with van der Waals surface area (Å²) in [5.74, 6) is 0.447. The Morgan fingerprint density at radius 2 is 1.17 bits per heavy atom. The Balaban J connectivity index is 0.852. The van der Waals surface area contributed by atoms with E-state index in [0.717, 1.165) is 45.7 Å². The Bertz CT molecular complexity index is 3310. The van der Waals surface area contributed by atoms with E-state index in [2.05, 4.69) is 205 Å². The second-order valence-corrected chi connectivity index (χ2v) is 18.1.